The number of aromatic nitrogens is 2. The average Bonchev–Trinajstić information content (AvgIpc) is 3.13. The lowest BCUT2D eigenvalue weighted by Crippen LogP contribution is -2.04. The lowest BCUT2D eigenvalue weighted by Gasteiger charge is -2.11. The van der Waals surface area contributed by atoms with Gasteiger partial charge < -0.3 is 14.0 Å². The van der Waals surface area contributed by atoms with Crippen molar-refractivity contribution in [1.29, 1.82) is 0 Å². The Morgan fingerprint density at radius 1 is 0.862 bits per heavy atom. The fraction of sp³-hybridized carbons (Fsp3) is 0.208. The van der Waals surface area contributed by atoms with Crippen LogP contribution in [0, 0.1) is 0 Å². The summed E-state index contributed by atoms with van der Waals surface area (Å²) in [6.45, 7) is 1.55. The molecule has 4 aromatic rings. The highest BCUT2D eigenvalue weighted by molar-refractivity contribution is 6.30. The molecular formula is C24H23ClN2O2. The van der Waals surface area contributed by atoms with Gasteiger partial charge in [0.05, 0.1) is 24.8 Å². The quantitative estimate of drug-likeness (QED) is 0.326. The van der Waals surface area contributed by atoms with Crippen LogP contribution in [0.2, 0.25) is 5.02 Å². The summed E-state index contributed by atoms with van der Waals surface area (Å²) < 4.78 is 13.4. The summed E-state index contributed by atoms with van der Waals surface area (Å²) in [5.74, 6) is 2.67. The molecule has 0 bridgehead atoms. The number of nitrogens with zero attached hydrogens (tertiary/aromatic N) is 2. The molecule has 0 atom stereocenters. The van der Waals surface area contributed by atoms with Crippen LogP contribution >= 0.6 is 11.6 Å². The van der Waals surface area contributed by atoms with E-state index in [1.807, 2.05) is 42.5 Å². The maximum Gasteiger partial charge on any atom is 0.141 e. The van der Waals surface area contributed by atoms with Crippen LogP contribution < -0.4 is 9.47 Å². The highest BCUT2D eigenvalue weighted by atomic mass is 35.5. The molecule has 0 saturated heterocycles. The molecule has 0 radical (unpaired) electrons. The number of benzene rings is 3. The number of unbranched alkanes of at least 4 members (excludes halogenated alkanes) is 1. The van der Waals surface area contributed by atoms with Crippen LogP contribution in [0.1, 0.15) is 12.8 Å². The SMILES string of the molecule is COc1ccc(-c2nc3ccccc3n2CCCCOc2ccc(Cl)cc2)cc1. The van der Waals surface area contributed by atoms with Crippen LogP contribution in [-0.4, -0.2) is 23.3 Å². The number of methoxy groups -OCH3 is 1. The van der Waals surface area contributed by atoms with Crippen LogP contribution in [0.3, 0.4) is 0 Å². The van der Waals surface area contributed by atoms with Crippen molar-refractivity contribution in [3.05, 3.63) is 77.8 Å². The number of para-hydroxylation sites is 2. The molecule has 0 fully saturated rings. The van der Waals surface area contributed by atoms with Crippen molar-refractivity contribution in [3.63, 3.8) is 0 Å². The van der Waals surface area contributed by atoms with Crippen LogP contribution in [-0.2, 0) is 6.54 Å². The number of aryl methyl sites for hydroxylation is 1. The number of imidazole rings is 1. The summed E-state index contributed by atoms with van der Waals surface area (Å²) in [7, 11) is 1.68. The summed E-state index contributed by atoms with van der Waals surface area (Å²) in [4.78, 5) is 4.87. The van der Waals surface area contributed by atoms with Crippen molar-refractivity contribution in [2.24, 2.45) is 0 Å². The van der Waals surface area contributed by atoms with Crippen molar-refractivity contribution in [3.8, 4) is 22.9 Å². The fourth-order valence-electron chi connectivity index (χ4n) is 3.36. The maximum absolute atomic E-state index is 5.91. The molecule has 0 aliphatic rings. The summed E-state index contributed by atoms with van der Waals surface area (Å²) in [5.41, 5.74) is 3.24. The third-order valence-corrected chi connectivity index (χ3v) is 5.11. The first kappa shape index (κ1) is 19.3. The Hall–Kier alpha value is -2.98. The smallest absolute Gasteiger partial charge is 0.141 e. The number of halogens is 1. The Bertz CT molecular complexity index is 1070. The van der Waals surface area contributed by atoms with Gasteiger partial charge in [0.25, 0.3) is 0 Å². The molecule has 1 heterocycles. The summed E-state index contributed by atoms with van der Waals surface area (Å²) >= 11 is 5.91. The molecular weight excluding hydrogens is 384 g/mol. The van der Waals surface area contributed by atoms with E-state index in [0.717, 1.165) is 58.3 Å². The molecule has 3 aromatic carbocycles. The molecule has 29 heavy (non-hydrogen) atoms. The van der Waals surface area contributed by atoms with Gasteiger partial charge >= 0.3 is 0 Å². The molecule has 0 unspecified atom stereocenters. The number of hydrogen-bond acceptors (Lipinski definition) is 3. The first-order valence-corrected chi connectivity index (χ1v) is 10.1. The lowest BCUT2D eigenvalue weighted by atomic mass is 10.2. The molecule has 0 saturated carbocycles. The lowest BCUT2D eigenvalue weighted by molar-refractivity contribution is 0.303. The van der Waals surface area contributed by atoms with Crippen molar-refractivity contribution in [2.75, 3.05) is 13.7 Å². The zero-order chi connectivity index (χ0) is 20.1. The highest BCUT2D eigenvalue weighted by Crippen LogP contribution is 2.27. The molecule has 4 rings (SSSR count). The Labute approximate surface area is 175 Å². The van der Waals surface area contributed by atoms with Crippen molar-refractivity contribution in [2.45, 2.75) is 19.4 Å². The number of hydrogen-bond donors (Lipinski definition) is 0. The predicted octanol–water partition coefficient (Wildman–Crippen LogP) is 6.22. The Kier molecular flexibility index (Phi) is 6.01. The van der Waals surface area contributed by atoms with Gasteiger partial charge in [-0.3, -0.25) is 0 Å². The van der Waals surface area contributed by atoms with Gasteiger partial charge in [-0.05, 0) is 73.5 Å². The number of fused-ring (bicyclic) bond motifs is 1. The van der Waals surface area contributed by atoms with E-state index in [0.29, 0.717) is 6.61 Å². The molecule has 4 nitrogen and oxygen atoms in total. The fourth-order valence-corrected chi connectivity index (χ4v) is 3.48. The van der Waals surface area contributed by atoms with E-state index in [4.69, 9.17) is 26.1 Å². The van der Waals surface area contributed by atoms with Crippen LogP contribution in [0.5, 0.6) is 11.5 Å². The van der Waals surface area contributed by atoms with Crippen LogP contribution in [0.4, 0.5) is 0 Å². The van der Waals surface area contributed by atoms with E-state index in [2.05, 4.69) is 34.9 Å². The third-order valence-electron chi connectivity index (χ3n) is 4.86. The monoisotopic (exact) mass is 406 g/mol. The molecule has 0 aliphatic heterocycles. The number of rotatable bonds is 8. The molecule has 1 aromatic heterocycles. The van der Waals surface area contributed by atoms with Gasteiger partial charge in [0.1, 0.15) is 17.3 Å². The highest BCUT2D eigenvalue weighted by Gasteiger charge is 2.12. The minimum Gasteiger partial charge on any atom is -0.497 e. The third kappa shape index (κ3) is 4.54. The Morgan fingerprint density at radius 2 is 1.59 bits per heavy atom. The first-order valence-electron chi connectivity index (χ1n) is 9.72. The summed E-state index contributed by atoms with van der Waals surface area (Å²) in [6.07, 6.45) is 1.95. The molecule has 148 valence electrons. The minimum atomic E-state index is 0.673. The van der Waals surface area contributed by atoms with Crippen molar-refractivity contribution in [1.82, 2.24) is 9.55 Å². The molecule has 0 spiro atoms. The standard InChI is InChI=1S/C24H23ClN2O2/c1-28-20-12-8-18(9-13-20)24-26-22-6-2-3-7-23(22)27(24)16-4-5-17-29-21-14-10-19(25)11-15-21/h2-3,6-15H,4-5,16-17H2,1H3. The van der Waals surface area contributed by atoms with Gasteiger partial charge in [-0.2, -0.15) is 0 Å². The van der Waals surface area contributed by atoms with Crippen molar-refractivity contribution >= 4 is 22.6 Å². The van der Waals surface area contributed by atoms with E-state index in [1.54, 1.807) is 7.11 Å². The maximum atomic E-state index is 5.91. The van der Waals surface area contributed by atoms with E-state index < -0.39 is 0 Å². The average molecular weight is 407 g/mol. The predicted molar refractivity (Wildman–Crippen MR) is 118 cm³/mol. The normalized spacial score (nSPS) is 11.0. The first-order chi connectivity index (χ1) is 14.2. The summed E-state index contributed by atoms with van der Waals surface area (Å²) in [6, 6.07) is 23.8. The summed E-state index contributed by atoms with van der Waals surface area (Å²) in [5, 5.41) is 0.718. The molecule has 0 amide bonds. The van der Waals surface area contributed by atoms with Gasteiger partial charge in [0.2, 0.25) is 0 Å². The van der Waals surface area contributed by atoms with Crippen molar-refractivity contribution < 1.29 is 9.47 Å². The van der Waals surface area contributed by atoms with Gasteiger partial charge in [-0.15, -0.1) is 0 Å². The number of ether oxygens (including phenoxy) is 2. The van der Waals surface area contributed by atoms with Gasteiger partial charge in [-0.1, -0.05) is 23.7 Å². The Morgan fingerprint density at radius 3 is 2.34 bits per heavy atom. The van der Waals surface area contributed by atoms with E-state index >= 15 is 0 Å². The molecule has 5 heteroatoms. The second-order valence-corrected chi connectivity index (χ2v) is 7.25. The largest absolute Gasteiger partial charge is 0.497 e. The Balaban J connectivity index is 1.46. The van der Waals surface area contributed by atoms with Crippen LogP contribution in [0.15, 0.2) is 72.8 Å². The molecule has 0 N–H and O–H groups in total. The second kappa shape index (κ2) is 9.01. The minimum absolute atomic E-state index is 0.673. The molecule has 0 aliphatic carbocycles. The van der Waals surface area contributed by atoms with E-state index in [9.17, 15) is 0 Å². The van der Waals surface area contributed by atoms with E-state index in [-0.39, 0.29) is 0 Å². The van der Waals surface area contributed by atoms with Crippen LogP contribution in [0.25, 0.3) is 22.4 Å². The van der Waals surface area contributed by atoms with E-state index in [1.165, 1.54) is 0 Å². The van der Waals surface area contributed by atoms with Gasteiger partial charge in [0.15, 0.2) is 0 Å². The second-order valence-electron chi connectivity index (χ2n) is 6.81. The van der Waals surface area contributed by atoms with Gasteiger partial charge in [-0.25, -0.2) is 4.98 Å². The van der Waals surface area contributed by atoms with Gasteiger partial charge in [0, 0.05) is 17.1 Å². The zero-order valence-electron chi connectivity index (χ0n) is 16.3. The topological polar surface area (TPSA) is 36.3 Å². The zero-order valence-corrected chi connectivity index (χ0v) is 17.1.